The Morgan fingerprint density at radius 1 is 1.41 bits per heavy atom. The SMILES string of the molecule is CC1=NC(=Cc2cc(I)cc(I)c2O)C(=O)O1. The van der Waals surface area contributed by atoms with Gasteiger partial charge in [0.1, 0.15) is 5.75 Å². The molecule has 1 aromatic carbocycles. The summed E-state index contributed by atoms with van der Waals surface area (Å²) in [7, 11) is 0. The summed E-state index contributed by atoms with van der Waals surface area (Å²) >= 11 is 4.18. The van der Waals surface area contributed by atoms with Crippen LogP contribution in [0, 0.1) is 7.14 Å². The summed E-state index contributed by atoms with van der Waals surface area (Å²) in [5, 5.41) is 9.88. The molecule has 0 unspecified atom stereocenters. The number of aromatic hydroxyl groups is 1. The summed E-state index contributed by atoms with van der Waals surface area (Å²) in [6, 6.07) is 3.63. The Morgan fingerprint density at radius 3 is 2.71 bits per heavy atom. The molecule has 6 heteroatoms. The first-order valence-electron chi connectivity index (χ1n) is 4.64. The van der Waals surface area contributed by atoms with Crippen molar-refractivity contribution in [3.8, 4) is 5.75 Å². The largest absolute Gasteiger partial charge is 0.506 e. The van der Waals surface area contributed by atoms with E-state index in [0.29, 0.717) is 11.5 Å². The van der Waals surface area contributed by atoms with E-state index in [-0.39, 0.29) is 11.4 Å². The van der Waals surface area contributed by atoms with Crippen molar-refractivity contribution in [3.63, 3.8) is 0 Å². The van der Waals surface area contributed by atoms with Crippen molar-refractivity contribution >= 4 is 63.1 Å². The highest BCUT2D eigenvalue weighted by Crippen LogP contribution is 2.29. The first kappa shape index (κ1) is 12.8. The van der Waals surface area contributed by atoms with Gasteiger partial charge in [-0.15, -0.1) is 0 Å². The van der Waals surface area contributed by atoms with Crippen molar-refractivity contribution < 1.29 is 14.6 Å². The molecule has 1 aromatic rings. The zero-order valence-corrected chi connectivity index (χ0v) is 13.0. The fourth-order valence-corrected chi connectivity index (χ4v) is 3.25. The highest BCUT2D eigenvalue weighted by Gasteiger charge is 2.20. The molecule has 4 nitrogen and oxygen atoms in total. The lowest BCUT2D eigenvalue weighted by molar-refractivity contribution is -0.130. The average molecular weight is 455 g/mol. The van der Waals surface area contributed by atoms with E-state index in [1.54, 1.807) is 13.0 Å². The third-order valence-corrected chi connectivity index (χ3v) is 3.52. The topological polar surface area (TPSA) is 58.9 Å². The Hall–Kier alpha value is -0.640. The number of phenolic OH excluding ortho intramolecular Hbond substituents is 1. The molecule has 17 heavy (non-hydrogen) atoms. The molecule has 1 aliphatic heterocycles. The number of cyclic esters (lactones) is 1. The number of aliphatic imine (C=N–C) groups is 1. The molecular weight excluding hydrogens is 448 g/mol. The van der Waals surface area contributed by atoms with Crippen molar-refractivity contribution in [2.24, 2.45) is 4.99 Å². The van der Waals surface area contributed by atoms with Crippen LogP contribution in [0.4, 0.5) is 0 Å². The smallest absolute Gasteiger partial charge is 0.363 e. The van der Waals surface area contributed by atoms with Gasteiger partial charge in [-0.05, 0) is 63.4 Å². The molecule has 0 amide bonds. The first-order chi connectivity index (χ1) is 7.97. The monoisotopic (exact) mass is 455 g/mol. The molecule has 1 aliphatic rings. The van der Waals surface area contributed by atoms with Crippen LogP contribution in [0.1, 0.15) is 12.5 Å². The van der Waals surface area contributed by atoms with Crippen molar-refractivity contribution in [3.05, 3.63) is 30.5 Å². The number of carbonyl (C=O) groups excluding carboxylic acids is 1. The first-order valence-corrected chi connectivity index (χ1v) is 6.80. The molecule has 0 saturated carbocycles. The molecule has 0 spiro atoms. The van der Waals surface area contributed by atoms with Crippen LogP contribution in [0.15, 0.2) is 22.8 Å². The van der Waals surface area contributed by atoms with Crippen LogP contribution in [-0.2, 0) is 9.53 Å². The Morgan fingerprint density at radius 2 is 2.12 bits per heavy atom. The van der Waals surface area contributed by atoms with E-state index in [0.717, 1.165) is 7.14 Å². The van der Waals surface area contributed by atoms with Crippen LogP contribution in [-0.4, -0.2) is 17.0 Å². The van der Waals surface area contributed by atoms with Gasteiger partial charge in [-0.2, -0.15) is 0 Å². The summed E-state index contributed by atoms with van der Waals surface area (Å²) in [4.78, 5) is 15.3. The number of ether oxygens (including phenoxy) is 1. The maximum Gasteiger partial charge on any atom is 0.363 e. The molecule has 0 aromatic heterocycles. The number of carbonyl (C=O) groups is 1. The normalized spacial score (nSPS) is 17.2. The van der Waals surface area contributed by atoms with Crippen molar-refractivity contribution in [2.75, 3.05) is 0 Å². The Labute approximate surface area is 125 Å². The minimum absolute atomic E-state index is 0.145. The summed E-state index contributed by atoms with van der Waals surface area (Å²) in [6.07, 6.45) is 1.53. The van der Waals surface area contributed by atoms with Crippen LogP contribution in [0.2, 0.25) is 0 Å². The second-order valence-electron chi connectivity index (χ2n) is 3.38. The van der Waals surface area contributed by atoms with Gasteiger partial charge in [-0.25, -0.2) is 9.79 Å². The van der Waals surface area contributed by atoms with Crippen LogP contribution in [0.3, 0.4) is 0 Å². The molecule has 0 saturated heterocycles. The lowest BCUT2D eigenvalue weighted by Gasteiger charge is -2.03. The molecule has 2 rings (SSSR count). The Balaban J connectivity index is 2.49. The molecule has 88 valence electrons. The summed E-state index contributed by atoms with van der Waals surface area (Å²) in [5.74, 6) is -0.0251. The molecule has 0 bridgehead atoms. The predicted molar refractivity (Wildman–Crippen MR) is 80.7 cm³/mol. The third kappa shape index (κ3) is 2.79. The third-order valence-electron chi connectivity index (χ3n) is 2.08. The van der Waals surface area contributed by atoms with Gasteiger partial charge in [-0.3, -0.25) is 0 Å². The zero-order valence-electron chi connectivity index (χ0n) is 8.70. The highest BCUT2D eigenvalue weighted by molar-refractivity contribution is 14.1. The number of nitrogens with zero attached hydrogens (tertiary/aromatic N) is 1. The minimum Gasteiger partial charge on any atom is -0.506 e. The van der Waals surface area contributed by atoms with Crippen molar-refractivity contribution in [1.29, 1.82) is 0 Å². The summed E-state index contributed by atoms with van der Waals surface area (Å²) < 4.78 is 6.51. The van der Waals surface area contributed by atoms with Crippen molar-refractivity contribution in [2.45, 2.75) is 6.92 Å². The maximum absolute atomic E-state index is 11.4. The maximum atomic E-state index is 11.4. The fourth-order valence-electron chi connectivity index (χ4n) is 1.36. The molecule has 1 heterocycles. The van der Waals surface area contributed by atoms with Gasteiger partial charge in [0.05, 0.1) is 3.57 Å². The van der Waals surface area contributed by atoms with Gasteiger partial charge in [0, 0.05) is 16.1 Å². The number of benzene rings is 1. The Bertz CT molecular complexity index is 564. The molecule has 1 N–H and O–H groups in total. The quantitative estimate of drug-likeness (QED) is 0.403. The lowest BCUT2D eigenvalue weighted by atomic mass is 10.1. The molecule has 0 fully saturated rings. The second-order valence-corrected chi connectivity index (χ2v) is 5.78. The van der Waals surface area contributed by atoms with E-state index in [9.17, 15) is 9.90 Å². The number of halogens is 2. The number of hydrogen-bond donors (Lipinski definition) is 1. The number of phenols is 1. The summed E-state index contributed by atoms with van der Waals surface area (Å²) in [5.41, 5.74) is 0.766. The Kier molecular flexibility index (Phi) is 3.71. The predicted octanol–water partition coefficient (Wildman–Crippen LogP) is 2.92. The van der Waals surface area contributed by atoms with Gasteiger partial charge >= 0.3 is 5.97 Å². The van der Waals surface area contributed by atoms with E-state index >= 15 is 0 Å². The molecule has 0 aliphatic carbocycles. The van der Waals surface area contributed by atoms with Gasteiger partial charge in [0.25, 0.3) is 0 Å². The number of hydrogen-bond acceptors (Lipinski definition) is 4. The second kappa shape index (κ2) is 4.92. The van der Waals surface area contributed by atoms with Crippen LogP contribution in [0.25, 0.3) is 6.08 Å². The average Bonchev–Trinajstić information content (AvgIpc) is 2.53. The number of esters is 1. The van der Waals surface area contributed by atoms with Gasteiger partial charge in [0.2, 0.25) is 0 Å². The minimum atomic E-state index is -0.490. The van der Waals surface area contributed by atoms with Gasteiger partial charge in [0.15, 0.2) is 11.6 Å². The fraction of sp³-hybridized carbons (Fsp3) is 0.0909. The molecule has 0 radical (unpaired) electrons. The number of rotatable bonds is 1. The lowest BCUT2D eigenvalue weighted by Crippen LogP contribution is -1.99. The zero-order chi connectivity index (χ0) is 12.6. The van der Waals surface area contributed by atoms with E-state index in [4.69, 9.17) is 4.74 Å². The highest BCUT2D eigenvalue weighted by atomic mass is 127. The van der Waals surface area contributed by atoms with Crippen LogP contribution in [0.5, 0.6) is 5.75 Å². The summed E-state index contributed by atoms with van der Waals surface area (Å²) in [6.45, 7) is 1.61. The van der Waals surface area contributed by atoms with E-state index in [2.05, 4.69) is 27.6 Å². The van der Waals surface area contributed by atoms with Crippen LogP contribution >= 0.6 is 45.2 Å². The van der Waals surface area contributed by atoms with Gasteiger partial charge < -0.3 is 9.84 Å². The van der Waals surface area contributed by atoms with E-state index < -0.39 is 5.97 Å². The van der Waals surface area contributed by atoms with Gasteiger partial charge in [-0.1, -0.05) is 0 Å². The molecular formula is C11H7I2NO3. The standard InChI is InChI=1S/C11H7I2NO3/c1-5-14-9(11(16)17-5)3-6-2-7(12)4-8(13)10(6)15/h2-4,15H,1H3. The molecule has 0 atom stereocenters. The van der Waals surface area contributed by atoms with E-state index in [1.807, 2.05) is 28.7 Å². The van der Waals surface area contributed by atoms with E-state index in [1.165, 1.54) is 6.08 Å². The van der Waals surface area contributed by atoms with Crippen molar-refractivity contribution in [1.82, 2.24) is 0 Å². The van der Waals surface area contributed by atoms with Crippen LogP contribution < -0.4 is 0 Å².